The van der Waals surface area contributed by atoms with E-state index in [2.05, 4.69) is 12.1 Å². The minimum atomic E-state index is -0.546. The van der Waals surface area contributed by atoms with Gasteiger partial charge in [0.1, 0.15) is 5.75 Å². The Morgan fingerprint density at radius 1 is 1.14 bits per heavy atom. The molecule has 3 N–H and O–H groups in total. The number of benzene rings is 2. The topological polar surface area (TPSA) is 66.6 Å². The van der Waals surface area contributed by atoms with Gasteiger partial charge in [-0.05, 0) is 41.7 Å². The third-order valence-electron chi connectivity index (χ3n) is 4.15. The predicted molar refractivity (Wildman–Crippen MR) is 85.3 cm³/mol. The van der Waals surface area contributed by atoms with Crippen LogP contribution in [0.15, 0.2) is 48.5 Å². The maximum Gasteiger partial charge on any atom is 0.240 e. The van der Waals surface area contributed by atoms with Crippen molar-refractivity contribution in [2.24, 2.45) is 5.73 Å². The van der Waals surface area contributed by atoms with Crippen LogP contribution in [0.25, 0.3) is 0 Å². The molecule has 2 aromatic carbocycles. The molecule has 1 aliphatic rings. The van der Waals surface area contributed by atoms with Crippen LogP contribution in [0.4, 0.5) is 0 Å². The number of phenols is 1. The Labute approximate surface area is 130 Å². The number of nitrogens with two attached hydrogens (primary N) is 1. The van der Waals surface area contributed by atoms with E-state index in [9.17, 15) is 9.90 Å². The van der Waals surface area contributed by atoms with E-state index in [1.807, 2.05) is 17.0 Å². The summed E-state index contributed by atoms with van der Waals surface area (Å²) in [4.78, 5) is 14.4. The second-order valence-corrected chi connectivity index (χ2v) is 5.76. The van der Waals surface area contributed by atoms with E-state index in [1.165, 1.54) is 11.1 Å². The van der Waals surface area contributed by atoms with E-state index in [0.717, 1.165) is 18.5 Å². The zero-order valence-corrected chi connectivity index (χ0v) is 12.4. The number of rotatable bonds is 3. The Bertz CT molecular complexity index is 667. The Kier molecular flexibility index (Phi) is 4.11. The summed E-state index contributed by atoms with van der Waals surface area (Å²) < 4.78 is 0. The van der Waals surface area contributed by atoms with E-state index in [-0.39, 0.29) is 11.7 Å². The quantitative estimate of drug-likeness (QED) is 0.908. The van der Waals surface area contributed by atoms with Gasteiger partial charge < -0.3 is 15.7 Å². The largest absolute Gasteiger partial charge is 0.508 e. The number of carbonyl (C=O) groups is 1. The number of fused-ring (bicyclic) bond motifs is 1. The summed E-state index contributed by atoms with van der Waals surface area (Å²) in [5.41, 5.74) is 9.56. The first-order valence-corrected chi connectivity index (χ1v) is 7.52. The fourth-order valence-electron chi connectivity index (χ4n) is 2.89. The monoisotopic (exact) mass is 296 g/mol. The lowest BCUT2D eigenvalue weighted by Gasteiger charge is -2.30. The van der Waals surface area contributed by atoms with Crippen molar-refractivity contribution in [3.8, 4) is 5.75 Å². The van der Waals surface area contributed by atoms with Crippen molar-refractivity contribution in [3.05, 3.63) is 65.2 Å². The summed E-state index contributed by atoms with van der Waals surface area (Å²) in [6, 6.07) is 14.5. The van der Waals surface area contributed by atoms with E-state index in [4.69, 9.17) is 5.73 Å². The molecule has 2 aromatic rings. The minimum Gasteiger partial charge on any atom is -0.508 e. The number of amides is 1. The molecule has 0 saturated heterocycles. The number of hydrogen-bond acceptors (Lipinski definition) is 3. The van der Waals surface area contributed by atoms with Gasteiger partial charge >= 0.3 is 0 Å². The number of nitrogens with zero attached hydrogens (tertiary/aromatic N) is 1. The third kappa shape index (κ3) is 3.12. The van der Waals surface area contributed by atoms with Crippen LogP contribution < -0.4 is 5.73 Å². The second-order valence-electron chi connectivity index (χ2n) is 5.76. The van der Waals surface area contributed by atoms with Crippen molar-refractivity contribution >= 4 is 5.91 Å². The zero-order chi connectivity index (χ0) is 15.5. The van der Waals surface area contributed by atoms with Crippen molar-refractivity contribution in [1.82, 2.24) is 4.90 Å². The van der Waals surface area contributed by atoms with Gasteiger partial charge in [0.25, 0.3) is 0 Å². The van der Waals surface area contributed by atoms with Crippen LogP contribution in [0.5, 0.6) is 5.75 Å². The van der Waals surface area contributed by atoms with Gasteiger partial charge in [0.05, 0.1) is 6.04 Å². The van der Waals surface area contributed by atoms with Gasteiger partial charge in [0.15, 0.2) is 0 Å². The van der Waals surface area contributed by atoms with Crippen molar-refractivity contribution in [3.63, 3.8) is 0 Å². The molecule has 0 bridgehead atoms. The van der Waals surface area contributed by atoms with Crippen molar-refractivity contribution in [2.75, 3.05) is 6.54 Å². The first-order chi connectivity index (χ1) is 10.6. The van der Waals surface area contributed by atoms with Crippen molar-refractivity contribution in [2.45, 2.75) is 25.4 Å². The molecule has 0 fully saturated rings. The highest BCUT2D eigenvalue weighted by Gasteiger charge is 2.24. The smallest absolute Gasteiger partial charge is 0.240 e. The van der Waals surface area contributed by atoms with Gasteiger partial charge in [-0.25, -0.2) is 0 Å². The summed E-state index contributed by atoms with van der Waals surface area (Å²) in [6.07, 6.45) is 1.37. The molecule has 0 aromatic heterocycles. The van der Waals surface area contributed by atoms with Gasteiger partial charge in [-0.2, -0.15) is 0 Å². The van der Waals surface area contributed by atoms with Gasteiger partial charge in [-0.3, -0.25) is 4.79 Å². The molecular formula is C18H20N2O2. The molecule has 114 valence electrons. The maximum atomic E-state index is 12.5. The van der Waals surface area contributed by atoms with E-state index >= 15 is 0 Å². The Morgan fingerprint density at radius 2 is 1.82 bits per heavy atom. The maximum absolute atomic E-state index is 12.5. The van der Waals surface area contributed by atoms with Gasteiger partial charge in [-0.15, -0.1) is 0 Å². The van der Waals surface area contributed by atoms with Crippen LogP contribution in [0, 0.1) is 0 Å². The first-order valence-electron chi connectivity index (χ1n) is 7.52. The van der Waals surface area contributed by atoms with Gasteiger partial charge in [-0.1, -0.05) is 36.4 Å². The molecule has 0 saturated carbocycles. The molecule has 4 heteroatoms. The SMILES string of the molecule is N[C@H](Cc1ccc(O)cc1)C(=O)N1CCc2ccccc2C1. The molecule has 0 unspecified atom stereocenters. The zero-order valence-electron chi connectivity index (χ0n) is 12.4. The normalized spacial score (nSPS) is 15.2. The first kappa shape index (κ1) is 14.6. The number of hydrogen-bond donors (Lipinski definition) is 2. The summed E-state index contributed by atoms with van der Waals surface area (Å²) in [5.74, 6) is 0.207. The van der Waals surface area contributed by atoms with E-state index in [1.54, 1.807) is 24.3 Å². The van der Waals surface area contributed by atoms with Crippen LogP contribution in [0.3, 0.4) is 0 Å². The summed E-state index contributed by atoms with van der Waals surface area (Å²) in [5, 5.41) is 9.29. The van der Waals surface area contributed by atoms with Gasteiger partial charge in [0.2, 0.25) is 5.91 Å². The molecule has 1 heterocycles. The average molecular weight is 296 g/mol. The minimum absolute atomic E-state index is 0.0115. The predicted octanol–water partition coefficient (Wildman–Crippen LogP) is 1.85. The summed E-state index contributed by atoms with van der Waals surface area (Å²) in [7, 11) is 0. The van der Waals surface area contributed by atoms with E-state index < -0.39 is 6.04 Å². The fourth-order valence-corrected chi connectivity index (χ4v) is 2.89. The number of aromatic hydroxyl groups is 1. The van der Waals surface area contributed by atoms with Crippen LogP contribution in [0.2, 0.25) is 0 Å². The van der Waals surface area contributed by atoms with Crippen LogP contribution in [-0.2, 0) is 24.2 Å². The highest BCUT2D eigenvalue weighted by molar-refractivity contribution is 5.82. The van der Waals surface area contributed by atoms with Crippen LogP contribution in [0.1, 0.15) is 16.7 Å². The lowest BCUT2D eigenvalue weighted by molar-refractivity contribution is -0.133. The fraction of sp³-hybridized carbons (Fsp3) is 0.278. The molecule has 0 spiro atoms. The molecule has 1 aliphatic heterocycles. The highest BCUT2D eigenvalue weighted by Crippen LogP contribution is 2.19. The molecule has 0 radical (unpaired) electrons. The van der Waals surface area contributed by atoms with Crippen molar-refractivity contribution < 1.29 is 9.90 Å². The molecule has 0 aliphatic carbocycles. The number of phenolic OH excluding ortho intramolecular Hbond substituents is 1. The summed E-state index contributed by atoms with van der Waals surface area (Å²) >= 11 is 0. The lowest BCUT2D eigenvalue weighted by atomic mass is 9.98. The average Bonchev–Trinajstić information content (AvgIpc) is 2.55. The molecule has 4 nitrogen and oxygen atoms in total. The standard InChI is InChI=1S/C18H20N2O2/c19-17(11-13-5-7-16(21)8-6-13)18(22)20-10-9-14-3-1-2-4-15(14)12-20/h1-8,17,21H,9-12,19H2/t17-/m1/s1. The summed E-state index contributed by atoms with van der Waals surface area (Å²) in [6.45, 7) is 1.36. The lowest BCUT2D eigenvalue weighted by Crippen LogP contribution is -2.46. The van der Waals surface area contributed by atoms with Crippen LogP contribution in [-0.4, -0.2) is 28.5 Å². The van der Waals surface area contributed by atoms with Crippen LogP contribution >= 0.6 is 0 Å². The molecule has 1 amide bonds. The highest BCUT2D eigenvalue weighted by atomic mass is 16.3. The van der Waals surface area contributed by atoms with Crippen molar-refractivity contribution in [1.29, 1.82) is 0 Å². The second kappa shape index (κ2) is 6.20. The Morgan fingerprint density at radius 3 is 2.55 bits per heavy atom. The Hall–Kier alpha value is -2.33. The van der Waals surface area contributed by atoms with E-state index in [0.29, 0.717) is 13.0 Å². The Balaban J connectivity index is 1.65. The molecule has 22 heavy (non-hydrogen) atoms. The number of carbonyl (C=O) groups excluding carboxylic acids is 1. The molecule has 3 rings (SSSR count). The van der Waals surface area contributed by atoms with Gasteiger partial charge in [0, 0.05) is 13.1 Å². The molecule has 1 atom stereocenters. The molecular weight excluding hydrogens is 276 g/mol. The third-order valence-corrected chi connectivity index (χ3v) is 4.15.